The highest BCUT2D eigenvalue weighted by atomic mass is 32.2. The van der Waals surface area contributed by atoms with Gasteiger partial charge in [-0.2, -0.15) is 0 Å². The summed E-state index contributed by atoms with van der Waals surface area (Å²) < 4.78 is 17.5. The Morgan fingerprint density at radius 3 is 2.61 bits per heavy atom. The average Bonchev–Trinajstić information content (AvgIpc) is 2.94. The van der Waals surface area contributed by atoms with Crippen LogP contribution in [-0.4, -0.2) is 48.1 Å². The second kappa shape index (κ2) is 12.1. The number of carbonyl (C=O) groups is 1. The van der Waals surface area contributed by atoms with Crippen molar-refractivity contribution >= 4 is 40.3 Å². The Kier molecular flexibility index (Phi) is 9.81. The van der Waals surface area contributed by atoms with Crippen LogP contribution in [0.15, 0.2) is 23.1 Å². The monoisotopic (exact) mass is 423 g/mol. The van der Waals surface area contributed by atoms with Gasteiger partial charge in [-0.1, -0.05) is 43.4 Å². The van der Waals surface area contributed by atoms with Crippen molar-refractivity contribution in [2.45, 2.75) is 40.0 Å². The van der Waals surface area contributed by atoms with Gasteiger partial charge in [-0.3, -0.25) is 9.69 Å². The lowest BCUT2D eigenvalue weighted by Crippen LogP contribution is -2.29. The first-order valence-corrected chi connectivity index (χ1v) is 11.1. The molecule has 0 unspecified atom stereocenters. The van der Waals surface area contributed by atoms with E-state index < -0.39 is 0 Å². The largest absolute Gasteiger partial charge is 0.490 e. The summed E-state index contributed by atoms with van der Waals surface area (Å²) >= 11 is 6.71. The SMILES string of the molecule is CCCCOc1ccc(C=C2SC(=S)N(CCCOCC)C2=O)cc1OCC. The van der Waals surface area contributed by atoms with E-state index in [2.05, 4.69) is 6.92 Å². The third-order valence-electron chi connectivity index (χ3n) is 4.07. The molecule has 0 aromatic heterocycles. The number of ether oxygens (including phenoxy) is 3. The quantitative estimate of drug-likeness (QED) is 0.271. The lowest BCUT2D eigenvalue weighted by atomic mass is 10.2. The molecule has 28 heavy (non-hydrogen) atoms. The number of thiocarbonyl (C=S) groups is 1. The van der Waals surface area contributed by atoms with Gasteiger partial charge < -0.3 is 14.2 Å². The Bertz CT molecular complexity index is 706. The molecule has 2 rings (SSSR count). The van der Waals surface area contributed by atoms with Gasteiger partial charge in [0.05, 0.1) is 18.1 Å². The topological polar surface area (TPSA) is 48.0 Å². The van der Waals surface area contributed by atoms with Crippen molar-refractivity contribution in [3.63, 3.8) is 0 Å². The molecule has 1 aromatic carbocycles. The Labute approximate surface area is 177 Å². The number of hydrogen-bond acceptors (Lipinski definition) is 6. The van der Waals surface area contributed by atoms with Crippen LogP contribution in [-0.2, 0) is 9.53 Å². The number of amides is 1. The summed E-state index contributed by atoms with van der Waals surface area (Å²) in [4.78, 5) is 15.0. The number of nitrogens with zero attached hydrogens (tertiary/aromatic N) is 1. The maximum absolute atomic E-state index is 12.7. The molecule has 154 valence electrons. The zero-order valence-electron chi connectivity index (χ0n) is 16.9. The van der Waals surface area contributed by atoms with Crippen LogP contribution in [0.2, 0.25) is 0 Å². The zero-order valence-corrected chi connectivity index (χ0v) is 18.5. The summed E-state index contributed by atoms with van der Waals surface area (Å²) in [5.74, 6) is 1.38. The van der Waals surface area contributed by atoms with Gasteiger partial charge in [0, 0.05) is 19.8 Å². The molecule has 0 spiro atoms. The summed E-state index contributed by atoms with van der Waals surface area (Å²) in [7, 11) is 0. The van der Waals surface area contributed by atoms with Crippen LogP contribution in [0.4, 0.5) is 0 Å². The van der Waals surface area contributed by atoms with Gasteiger partial charge in [0.25, 0.3) is 5.91 Å². The molecule has 1 heterocycles. The fraction of sp³-hybridized carbons (Fsp3) is 0.524. The fourth-order valence-corrected chi connectivity index (χ4v) is 3.95. The highest BCUT2D eigenvalue weighted by Gasteiger charge is 2.31. The minimum Gasteiger partial charge on any atom is -0.490 e. The van der Waals surface area contributed by atoms with Crippen LogP contribution in [0.3, 0.4) is 0 Å². The van der Waals surface area contributed by atoms with Crippen molar-refractivity contribution in [3.8, 4) is 11.5 Å². The predicted molar refractivity (Wildman–Crippen MR) is 119 cm³/mol. The van der Waals surface area contributed by atoms with Crippen LogP contribution in [0.1, 0.15) is 45.6 Å². The normalized spacial score (nSPS) is 15.5. The molecular formula is C21H29NO4S2. The van der Waals surface area contributed by atoms with Gasteiger partial charge in [0.2, 0.25) is 0 Å². The average molecular weight is 424 g/mol. The molecule has 0 radical (unpaired) electrons. The van der Waals surface area contributed by atoms with Crippen molar-refractivity contribution in [1.29, 1.82) is 0 Å². The van der Waals surface area contributed by atoms with E-state index in [0.717, 1.165) is 30.6 Å². The Morgan fingerprint density at radius 2 is 1.89 bits per heavy atom. The van der Waals surface area contributed by atoms with Gasteiger partial charge >= 0.3 is 0 Å². The standard InChI is InChI=1S/C21H29NO4S2/c1-4-7-13-26-17-10-9-16(14-18(17)25-6-3)15-19-20(23)22(21(27)28-19)11-8-12-24-5-2/h9-10,14-15H,4-8,11-13H2,1-3H3. The van der Waals surface area contributed by atoms with Crippen molar-refractivity contribution in [2.75, 3.05) is 33.0 Å². The Balaban J connectivity index is 2.09. The van der Waals surface area contributed by atoms with Crippen molar-refractivity contribution in [1.82, 2.24) is 4.90 Å². The van der Waals surface area contributed by atoms with Crippen LogP contribution < -0.4 is 9.47 Å². The van der Waals surface area contributed by atoms with Crippen molar-refractivity contribution < 1.29 is 19.0 Å². The summed E-state index contributed by atoms with van der Waals surface area (Å²) in [5, 5.41) is 0. The second-order valence-electron chi connectivity index (χ2n) is 6.23. The smallest absolute Gasteiger partial charge is 0.266 e. The Hall–Kier alpha value is -1.57. The maximum atomic E-state index is 12.7. The molecule has 5 nitrogen and oxygen atoms in total. The molecule has 1 saturated heterocycles. The molecule has 0 saturated carbocycles. The van der Waals surface area contributed by atoms with E-state index in [1.165, 1.54) is 11.8 Å². The highest BCUT2D eigenvalue weighted by molar-refractivity contribution is 8.26. The first kappa shape index (κ1) is 22.7. The van der Waals surface area contributed by atoms with Gasteiger partial charge in [0.15, 0.2) is 11.5 Å². The molecular weight excluding hydrogens is 394 g/mol. The number of unbranched alkanes of at least 4 members (excludes halogenated alkanes) is 1. The van der Waals surface area contributed by atoms with E-state index in [1.807, 2.05) is 38.1 Å². The molecule has 1 amide bonds. The van der Waals surface area contributed by atoms with E-state index in [0.29, 0.717) is 47.9 Å². The van der Waals surface area contributed by atoms with Crippen molar-refractivity contribution in [3.05, 3.63) is 28.7 Å². The molecule has 7 heteroatoms. The van der Waals surface area contributed by atoms with Gasteiger partial charge in [-0.25, -0.2) is 0 Å². The highest BCUT2D eigenvalue weighted by Crippen LogP contribution is 2.35. The number of thioether (sulfide) groups is 1. The predicted octanol–water partition coefficient (Wildman–Crippen LogP) is 4.89. The minimum absolute atomic E-state index is 0.0484. The molecule has 1 aromatic rings. The first-order valence-electron chi connectivity index (χ1n) is 9.83. The lowest BCUT2D eigenvalue weighted by molar-refractivity contribution is -0.122. The molecule has 1 fully saturated rings. The molecule has 1 aliphatic rings. The third kappa shape index (κ3) is 6.50. The number of rotatable bonds is 12. The van der Waals surface area contributed by atoms with Crippen LogP contribution in [0, 0.1) is 0 Å². The van der Waals surface area contributed by atoms with Crippen molar-refractivity contribution in [2.24, 2.45) is 0 Å². The molecule has 0 N–H and O–H groups in total. The van der Waals surface area contributed by atoms with E-state index in [4.69, 9.17) is 26.4 Å². The maximum Gasteiger partial charge on any atom is 0.266 e. The summed E-state index contributed by atoms with van der Waals surface area (Å²) in [6.45, 7) is 9.13. The molecule has 0 aliphatic carbocycles. The molecule has 0 bridgehead atoms. The second-order valence-corrected chi connectivity index (χ2v) is 7.90. The minimum atomic E-state index is -0.0484. The number of benzene rings is 1. The summed E-state index contributed by atoms with van der Waals surface area (Å²) in [6.07, 6.45) is 4.71. The van der Waals surface area contributed by atoms with E-state index in [1.54, 1.807) is 4.90 Å². The third-order valence-corrected chi connectivity index (χ3v) is 5.45. The fourth-order valence-electron chi connectivity index (χ4n) is 2.64. The molecule has 1 aliphatic heterocycles. The number of carbonyl (C=O) groups excluding carboxylic acids is 1. The van der Waals surface area contributed by atoms with Crippen LogP contribution in [0.5, 0.6) is 11.5 Å². The lowest BCUT2D eigenvalue weighted by Gasteiger charge is -2.14. The van der Waals surface area contributed by atoms with Gasteiger partial charge in [0.1, 0.15) is 4.32 Å². The van der Waals surface area contributed by atoms with E-state index in [-0.39, 0.29) is 5.91 Å². The Morgan fingerprint density at radius 1 is 1.07 bits per heavy atom. The van der Waals surface area contributed by atoms with Gasteiger partial charge in [-0.05, 0) is 50.5 Å². The molecule has 0 atom stereocenters. The van der Waals surface area contributed by atoms with Gasteiger partial charge in [-0.15, -0.1) is 0 Å². The first-order chi connectivity index (χ1) is 13.6. The van der Waals surface area contributed by atoms with E-state index >= 15 is 0 Å². The van der Waals surface area contributed by atoms with E-state index in [9.17, 15) is 4.79 Å². The van der Waals surface area contributed by atoms with Crippen LogP contribution >= 0.6 is 24.0 Å². The zero-order chi connectivity index (χ0) is 20.4. The summed E-state index contributed by atoms with van der Waals surface area (Å²) in [5.41, 5.74) is 0.890. The number of hydrogen-bond donors (Lipinski definition) is 0. The summed E-state index contributed by atoms with van der Waals surface area (Å²) in [6, 6.07) is 5.74. The van der Waals surface area contributed by atoms with Crippen LogP contribution in [0.25, 0.3) is 6.08 Å².